The fraction of sp³-hybridized carbons (Fsp3) is 0.263. The minimum atomic E-state index is -0.237. The van der Waals surface area contributed by atoms with E-state index in [4.69, 9.17) is 0 Å². The van der Waals surface area contributed by atoms with E-state index in [9.17, 15) is 4.79 Å². The third kappa shape index (κ3) is 3.43. The molecule has 2 aromatic heterocycles. The minimum Gasteiger partial charge on any atom is -0.369 e. The van der Waals surface area contributed by atoms with Gasteiger partial charge in [0.25, 0.3) is 5.91 Å². The molecule has 4 rings (SSSR count). The van der Waals surface area contributed by atoms with Gasteiger partial charge >= 0.3 is 0 Å². The van der Waals surface area contributed by atoms with E-state index in [1.165, 1.54) is 35.3 Å². The molecule has 1 aliphatic carbocycles. The highest BCUT2D eigenvalue weighted by Crippen LogP contribution is 2.49. The van der Waals surface area contributed by atoms with Gasteiger partial charge in [0.2, 0.25) is 5.13 Å². The number of anilines is 2. The average molecular weight is 365 g/mol. The Hall–Kier alpha value is -2.80. The number of aryl methyl sites for hydroxylation is 1. The molecule has 1 aliphatic rings. The Balaban J connectivity index is 1.39. The van der Waals surface area contributed by atoms with Crippen LogP contribution >= 0.6 is 11.3 Å². The first-order chi connectivity index (χ1) is 12.7. The molecule has 6 nitrogen and oxygen atoms in total. The summed E-state index contributed by atoms with van der Waals surface area (Å²) in [6.45, 7) is 3.01. The summed E-state index contributed by atoms with van der Waals surface area (Å²) in [7, 11) is 0. The number of carbonyl (C=O) groups excluding carboxylic acids is 1. The van der Waals surface area contributed by atoms with Gasteiger partial charge in [-0.15, -0.1) is 10.2 Å². The lowest BCUT2D eigenvalue weighted by molar-refractivity contribution is 0.102. The fourth-order valence-corrected chi connectivity index (χ4v) is 3.59. The average Bonchev–Trinajstić information content (AvgIpc) is 3.28. The molecule has 0 atom stereocenters. The van der Waals surface area contributed by atoms with Gasteiger partial charge in [0.15, 0.2) is 0 Å². The van der Waals surface area contributed by atoms with Crippen molar-refractivity contribution >= 4 is 28.2 Å². The topological polar surface area (TPSA) is 79.8 Å². The van der Waals surface area contributed by atoms with Crippen molar-refractivity contribution < 1.29 is 4.79 Å². The van der Waals surface area contributed by atoms with Crippen LogP contribution in [0.5, 0.6) is 0 Å². The number of aromatic nitrogens is 3. The molecule has 1 aromatic carbocycles. The van der Waals surface area contributed by atoms with E-state index in [1.54, 1.807) is 17.8 Å². The molecular weight excluding hydrogens is 346 g/mol. The van der Waals surface area contributed by atoms with Crippen LogP contribution in [0.3, 0.4) is 0 Å². The van der Waals surface area contributed by atoms with Crippen LogP contribution in [0.25, 0.3) is 0 Å². The van der Waals surface area contributed by atoms with Gasteiger partial charge in [-0.1, -0.05) is 35.6 Å². The third-order valence-corrected chi connectivity index (χ3v) is 5.39. The van der Waals surface area contributed by atoms with E-state index in [-0.39, 0.29) is 11.3 Å². The van der Waals surface area contributed by atoms with Gasteiger partial charge in [0, 0.05) is 18.2 Å². The first kappa shape index (κ1) is 16.7. The second kappa shape index (κ2) is 6.84. The number of pyridine rings is 1. The summed E-state index contributed by atoms with van der Waals surface area (Å²) < 4.78 is 0. The van der Waals surface area contributed by atoms with Crippen LogP contribution in [0.2, 0.25) is 0 Å². The molecule has 0 spiro atoms. The summed E-state index contributed by atoms with van der Waals surface area (Å²) in [6.07, 6.45) is 3.95. The lowest BCUT2D eigenvalue weighted by Gasteiger charge is -2.19. The molecular formula is C19H19N5OS. The van der Waals surface area contributed by atoms with Crippen molar-refractivity contribution in [3.05, 3.63) is 64.8 Å². The maximum atomic E-state index is 12.1. The lowest BCUT2D eigenvalue weighted by atomic mass is 9.92. The zero-order chi connectivity index (χ0) is 18.0. The molecule has 1 fully saturated rings. The van der Waals surface area contributed by atoms with Gasteiger partial charge in [-0.2, -0.15) is 0 Å². The Labute approximate surface area is 155 Å². The smallest absolute Gasteiger partial charge is 0.259 e. The van der Waals surface area contributed by atoms with Crippen LogP contribution in [-0.2, 0) is 5.41 Å². The zero-order valence-electron chi connectivity index (χ0n) is 14.4. The Bertz CT molecular complexity index is 904. The van der Waals surface area contributed by atoms with E-state index in [1.807, 2.05) is 6.07 Å². The Kier molecular flexibility index (Phi) is 4.38. The molecule has 2 N–H and O–H groups in total. The van der Waals surface area contributed by atoms with Crippen LogP contribution < -0.4 is 10.6 Å². The number of amides is 1. The van der Waals surface area contributed by atoms with Crippen molar-refractivity contribution in [3.8, 4) is 0 Å². The molecule has 132 valence electrons. The van der Waals surface area contributed by atoms with Crippen molar-refractivity contribution in [3.63, 3.8) is 0 Å². The maximum absolute atomic E-state index is 12.1. The predicted octanol–water partition coefficient (Wildman–Crippen LogP) is 3.64. The standard InChI is InChI=1S/C19H19N5OS/c1-13-4-2-3-5-15(13)19(8-9-19)11-21-16-7-6-14(10-20-16)17(25)23-18-24-22-12-26-18/h2-7,10,12H,8-9,11H2,1H3,(H,20,21)(H,23,24,25). The molecule has 0 bridgehead atoms. The van der Waals surface area contributed by atoms with Gasteiger partial charge in [-0.05, 0) is 43.0 Å². The molecule has 2 heterocycles. The highest BCUT2D eigenvalue weighted by molar-refractivity contribution is 7.13. The Morgan fingerprint density at radius 1 is 1.23 bits per heavy atom. The van der Waals surface area contributed by atoms with Crippen molar-refractivity contribution in [2.75, 3.05) is 17.2 Å². The van der Waals surface area contributed by atoms with Crippen LogP contribution in [0.15, 0.2) is 48.1 Å². The minimum absolute atomic E-state index is 0.209. The number of carbonyl (C=O) groups is 1. The van der Waals surface area contributed by atoms with Crippen molar-refractivity contribution in [1.82, 2.24) is 15.2 Å². The Morgan fingerprint density at radius 2 is 2.08 bits per heavy atom. The van der Waals surface area contributed by atoms with Gasteiger partial charge in [-0.3, -0.25) is 10.1 Å². The normalized spacial score (nSPS) is 14.7. The molecule has 26 heavy (non-hydrogen) atoms. The predicted molar refractivity (Wildman–Crippen MR) is 103 cm³/mol. The van der Waals surface area contributed by atoms with Gasteiger partial charge < -0.3 is 5.32 Å². The van der Waals surface area contributed by atoms with E-state index in [0.717, 1.165) is 12.4 Å². The second-order valence-corrected chi connectivity index (χ2v) is 7.41. The number of rotatable bonds is 6. The monoisotopic (exact) mass is 365 g/mol. The van der Waals surface area contributed by atoms with Crippen molar-refractivity contribution in [2.24, 2.45) is 0 Å². The summed E-state index contributed by atoms with van der Waals surface area (Å²) >= 11 is 1.28. The fourth-order valence-electron chi connectivity index (χ4n) is 3.15. The van der Waals surface area contributed by atoms with E-state index < -0.39 is 0 Å². The van der Waals surface area contributed by atoms with Gasteiger partial charge in [0.1, 0.15) is 11.3 Å². The van der Waals surface area contributed by atoms with Crippen molar-refractivity contribution in [2.45, 2.75) is 25.2 Å². The van der Waals surface area contributed by atoms with Crippen molar-refractivity contribution in [1.29, 1.82) is 0 Å². The van der Waals surface area contributed by atoms with E-state index in [0.29, 0.717) is 10.7 Å². The number of benzene rings is 1. The van der Waals surface area contributed by atoms with Crippen LogP contribution in [0, 0.1) is 6.92 Å². The molecule has 0 aliphatic heterocycles. The quantitative estimate of drug-likeness (QED) is 0.697. The molecule has 7 heteroatoms. The summed E-state index contributed by atoms with van der Waals surface area (Å²) in [5, 5.41) is 14.1. The van der Waals surface area contributed by atoms with Crippen LogP contribution in [0.1, 0.15) is 34.3 Å². The molecule has 0 unspecified atom stereocenters. The van der Waals surface area contributed by atoms with E-state index in [2.05, 4.69) is 57.0 Å². The summed E-state index contributed by atoms with van der Waals surface area (Å²) in [4.78, 5) is 16.5. The number of nitrogens with zero attached hydrogens (tertiary/aromatic N) is 3. The highest BCUT2D eigenvalue weighted by atomic mass is 32.1. The lowest BCUT2D eigenvalue weighted by Crippen LogP contribution is -2.21. The van der Waals surface area contributed by atoms with Gasteiger partial charge in [0.05, 0.1) is 5.56 Å². The Morgan fingerprint density at radius 3 is 2.73 bits per heavy atom. The molecule has 3 aromatic rings. The van der Waals surface area contributed by atoms with E-state index >= 15 is 0 Å². The van der Waals surface area contributed by atoms with Crippen LogP contribution in [-0.4, -0.2) is 27.6 Å². The first-order valence-electron chi connectivity index (χ1n) is 8.50. The number of hydrogen-bond acceptors (Lipinski definition) is 6. The number of nitrogens with one attached hydrogen (secondary N) is 2. The molecule has 0 radical (unpaired) electrons. The summed E-state index contributed by atoms with van der Waals surface area (Å²) in [5.74, 6) is 0.539. The largest absolute Gasteiger partial charge is 0.369 e. The SMILES string of the molecule is Cc1ccccc1C1(CNc2ccc(C(=O)Nc3nncs3)cn2)CC1. The molecule has 1 saturated carbocycles. The van der Waals surface area contributed by atoms with Crippen LogP contribution in [0.4, 0.5) is 10.9 Å². The molecule has 1 amide bonds. The summed E-state index contributed by atoms with van der Waals surface area (Å²) in [5.41, 5.74) is 5.03. The second-order valence-electron chi connectivity index (χ2n) is 6.58. The third-order valence-electron chi connectivity index (χ3n) is 4.78. The number of hydrogen-bond donors (Lipinski definition) is 2. The first-order valence-corrected chi connectivity index (χ1v) is 9.38. The summed E-state index contributed by atoms with van der Waals surface area (Å²) in [6, 6.07) is 12.2. The highest BCUT2D eigenvalue weighted by Gasteiger charge is 2.44. The zero-order valence-corrected chi connectivity index (χ0v) is 15.2. The maximum Gasteiger partial charge on any atom is 0.259 e. The molecule has 0 saturated heterocycles. The van der Waals surface area contributed by atoms with Gasteiger partial charge in [-0.25, -0.2) is 4.98 Å².